The lowest BCUT2D eigenvalue weighted by molar-refractivity contribution is 0.0602. The van der Waals surface area contributed by atoms with Crippen molar-refractivity contribution in [3.05, 3.63) is 28.2 Å². The molecule has 0 aliphatic heterocycles. The maximum Gasteiger partial charge on any atom is 0.411 e. The first kappa shape index (κ1) is 14.5. The van der Waals surface area contributed by atoms with Crippen LogP contribution in [0.2, 0.25) is 0 Å². The molecule has 98 valence electrons. The number of carbonyl (C=O) groups is 2. The standard InChI is InChI=1S/C12H14BrNO4/c1-3-6-18-12(16)14-10-5-4-8(13)7-9(10)11(15)17-2/h4-5,7H,3,6H2,1-2H3,(H,14,16). The number of amides is 1. The highest BCUT2D eigenvalue weighted by molar-refractivity contribution is 9.10. The highest BCUT2D eigenvalue weighted by atomic mass is 79.9. The topological polar surface area (TPSA) is 64.6 Å². The minimum atomic E-state index is -0.593. The second-order valence-corrected chi connectivity index (χ2v) is 4.36. The van der Waals surface area contributed by atoms with Crippen LogP contribution in [0.4, 0.5) is 10.5 Å². The number of halogens is 1. The van der Waals surface area contributed by atoms with Gasteiger partial charge in [-0.05, 0) is 24.6 Å². The second-order valence-electron chi connectivity index (χ2n) is 3.44. The van der Waals surface area contributed by atoms with E-state index in [0.717, 1.165) is 10.9 Å². The van der Waals surface area contributed by atoms with Crippen molar-refractivity contribution in [3.8, 4) is 0 Å². The minimum absolute atomic E-state index is 0.264. The van der Waals surface area contributed by atoms with E-state index < -0.39 is 12.1 Å². The number of anilines is 1. The molecule has 1 aromatic carbocycles. The molecule has 6 heteroatoms. The summed E-state index contributed by atoms with van der Waals surface area (Å²) in [4.78, 5) is 23.0. The first-order chi connectivity index (χ1) is 8.58. The predicted molar refractivity (Wildman–Crippen MR) is 70.7 cm³/mol. The molecule has 0 unspecified atom stereocenters. The quantitative estimate of drug-likeness (QED) is 0.867. The molecule has 1 rings (SSSR count). The molecular formula is C12H14BrNO4. The van der Waals surface area contributed by atoms with Gasteiger partial charge in [0.05, 0.1) is 25.0 Å². The summed E-state index contributed by atoms with van der Waals surface area (Å²) < 4.78 is 10.2. The predicted octanol–water partition coefficient (Wildman–Crippen LogP) is 3.19. The van der Waals surface area contributed by atoms with Gasteiger partial charge in [-0.2, -0.15) is 0 Å². The fraction of sp³-hybridized carbons (Fsp3) is 0.333. The van der Waals surface area contributed by atoms with E-state index in [1.165, 1.54) is 7.11 Å². The number of rotatable bonds is 4. The van der Waals surface area contributed by atoms with Crippen LogP contribution in [0.15, 0.2) is 22.7 Å². The molecule has 5 nitrogen and oxygen atoms in total. The summed E-state index contributed by atoms with van der Waals surface area (Å²) in [6.45, 7) is 2.22. The smallest absolute Gasteiger partial charge is 0.411 e. The first-order valence-electron chi connectivity index (χ1n) is 5.40. The summed E-state index contributed by atoms with van der Waals surface area (Å²) in [7, 11) is 1.28. The minimum Gasteiger partial charge on any atom is -0.465 e. The van der Waals surface area contributed by atoms with E-state index in [4.69, 9.17) is 4.74 Å². The molecule has 0 aliphatic rings. The van der Waals surface area contributed by atoms with E-state index in [-0.39, 0.29) is 5.56 Å². The molecular weight excluding hydrogens is 302 g/mol. The summed E-state index contributed by atoms with van der Waals surface area (Å²) in [5.74, 6) is -0.526. The molecule has 18 heavy (non-hydrogen) atoms. The number of hydrogen-bond donors (Lipinski definition) is 1. The van der Waals surface area contributed by atoms with Crippen molar-refractivity contribution in [2.24, 2.45) is 0 Å². The molecule has 0 aromatic heterocycles. The number of methoxy groups -OCH3 is 1. The number of carbonyl (C=O) groups excluding carboxylic acids is 2. The van der Waals surface area contributed by atoms with Gasteiger partial charge in [0.15, 0.2) is 0 Å². The fourth-order valence-electron chi connectivity index (χ4n) is 1.25. The average Bonchev–Trinajstić information content (AvgIpc) is 2.37. The molecule has 0 saturated carbocycles. The Bertz CT molecular complexity index is 448. The van der Waals surface area contributed by atoms with Crippen LogP contribution in [0.3, 0.4) is 0 Å². The summed E-state index contributed by atoms with van der Waals surface area (Å²) in [6, 6.07) is 4.88. The van der Waals surface area contributed by atoms with E-state index in [0.29, 0.717) is 12.3 Å². The Kier molecular flexibility index (Phi) is 5.64. The highest BCUT2D eigenvalue weighted by Gasteiger charge is 2.14. The maximum atomic E-state index is 11.5. The van der Waals surface area contributed by atoms with Crippen molar-refractivity contribution in [2.75, 3.05) is 19.0 Å². The molecule has 0 radical (unpaired) electrons. The van der Waals surface area contributed by atoms with Gasteiger partial charge in [-0.3, -0.25) is 5.32 Å². The number of benzene rings is 1. The fourth-order valence-corrected chi connectivity index (χ4v) is 1.61. The summed E-state index contributed by atoms with van der Waals surface area (Å²) in [6.07, 6.45) is 0.141. The third-order valence-electron chi connectivity index (χ3n) is 2.06. The summed E-state index contributed by atoms with van der Waals surface area (Å²) in [5.41, 5.74) is 0.617. The summed E-state index contributed by atoms with van der Waals surface area (Å²) in [5, 5.41) is 2.50. The Morgan fingerprint density at radius 2 is 2.11 bits per heavy atom. The Labute approximate surface area is 114 Å². The Morgan fingerprint density at radius 1 is 1.39 bits per heavy atom. The lowest BCUT2D eigenvalue weighted by atomic mass is 10.2. The third kappa shape index (κ3) is 4.03. The molecule has 1 aromatic rings. The van der Waals surface area contributed by atoms with Gasteiger partial charge in [0.25, 0.3) is 0 Å². The van der Waals surface area contributed by atoms with Crippen molar-refractivity contribution in [3.63, 3.8) is 0 Å². The highest BCUT2D eigenvalue weighted by Crippen LogP contribution is 2.22. The molecule has 0 atom stereocenters. The van der Waals surface area contributed by atoms with Crippen LogP contribution >= 0.6 is 15.9 Å². The van der Waals surface area contributed by atoms with Crippen molar-refractivity contribution in [1.82, 2.24) is 0 Å². The monoisotopic (exact) mass is 315 g/mol. The van der Waals surface area contributed by atoms with E-state index in [9.17, 15) is 9.59 Å². The van der Waals surface area contributed by atoms with Gasteiger partial charge in [0.2, 0.25) is 0 Å². The molecule has 0 aliphatic carbocycles. The normalized spacial score (nSPS) is 9.72. The Morgan fingerprint density at radius 3 is 2.72 bits per heavy atom. The molecule has 0 spiro atoms. The molecule has 0 heterocycles. The van der Waals surface area contributed by atoms with E-state index in [1.807, 2.05) is 6.92 Å². The van der Waals surface area contributed by atoms with Gasteiger partial charge in [-0.1, -0.05) is 22.9 Å². The van der Waals surface area contributed by atoms with Crippen LogP contribution in [0.25, 0.3) is 0 Å². The van der Waals surface area contributed by atoms with Crippen molar-refractivity contribution >= 4 is 33.7 Å². The van der Waals surface area contributed by atoms with Crippen LogP contribution in [0.5, 0.6) is 0 Å². The SMILES string of the molecule is CCCOC(=O)Nc1ccc(Br)cc1C(=O)OC. The van der Waals surface area contributed by atoms with Crippen molar-refractivity contribution in [2.45, 2.75) is 13.3 Å². The number of hydrogen-bond acceptors (Lipinski definition) is 4. The van der Waals surface area contributed by atoms with Crippen molar-refractivity contribution < 1.29 is 19.1 Å². The van der Waals surface area contributed by atoms with E-state index in [1.54, 1.807) is 18.2 Å². The van der Waals surface area contributed by atoms with Gasteiger partial charge in [0.1, 0.15) is 0 Å². The third-order valence-corrected chi connectivity index (χ3v) is 2.55. The van der Waals surface area contributed by atoms with Gasteiger partial charge < -0.3 is 9.47 Å². The molecule has 0 fully saturated rings. The van der Waals surface area contributed by atoms with Crippen LogP contribution in [-0.2, 0) is 9.47 Å². The van der Waals surface area contributed by atoms with Gasteiger partial charge in [0, 0.05) is 4.47 Å². The zero-order chi connectivity index (χ0) is 13.5. The lowest BCUT2D eigenvalue weighted by Gasteiger charge is -2.10. The summed E-state index contributed by atoms with van der Waals surface area (Å²) >= 11 is 3.25. The van der Waals surface area contributed by atoms with Crippen LogP contribution in [0, 0.1) is 0 Å². The van der Waals surface area contributed by atoms with Crippen LogP contribution in [0.1, 0.15) is 23.7 Å². The van der Waals surface area contributed by atoms with Crippen LogP contribution < -0.4 is 5.32 Å². The molecule has 1 N–H and O–H groups in total. The largest absolute Gasteiger partial charge is 0.465 e. The Balaban J connectivity index is 2.87. The van der Waals surface area contributed by atoms with Crippen LogP contribution in [-0.4, -0.2) is 25.8 Å². The van der Waals surface area contributed by atoms with Crippen molar-refractivity contribution in [1.29, 1.82) is 0 Å². The van der Waals surface area contributed by atoms with Gasteiger partial charge in [-0.15, -0.1) is 0 Å². The molecule has 0 bridgehead atoms. The first-order valence-corrected chi connectivity index (χ1v) is 6.19. The van der Waals surface area contributed by atoms with Gasteiger partial charge in [-0.25, -0.2) is 9.59 Å². The zero-order valence-corrected chi connectivity index (χ0v) is 11.7. The molecule has 0 saturated heterocycles. The molecule has 1 amide bonds. The van der Waals surface area contributed by atoms with Gasteiger partial charge >= 0.3 is 12.1 Å². The lowest BCUT2D eigenvalue weighted by Crippen LogP contribution is -2.17. The second kappa shape index (κ2) is 7.00. The average molecular weight is 316 g/mol. The van der Waals surface area contributed by atoms with E-state index in [2.05, 4.69) is 26.0 Å². The number of ether oxygens (including phenoxy) is 2. The number of nitrogens with one attached hydrogen (secondary N) is 1. The maximum absolute atomic E-state index is 11.5. The zero-order valence-electron chi connectivity index (χ0n) is 10.2. The number of esters is 1. The van der Waals surface area contributed by atoms with E-state index >= 15 is 0 Å². The Hall–Kier alpha value is -1.56.